The first kappa shape index (κ1) is 14.2. The van der Waals surface area contributed by atoms with Crippen LogP contribution < -0.4 is 10.6 Å². The molecule has 0 aromatic heterocycles. The van der Waals surface area contributed by atoms with Gasteiger partial charge >= 0.3 is 0 Å². The van der Waals surface area contributed by atoms with Crippen molar-refractivity contribution >= 4 is 21.8 Å². The van der Waals surface area contributed by atoms with Crippen LogP contribution in [0.4, 0.5) is 0 Å². The Morgan fingerprint density at radius 1 is 1.35 bits per heavy atom. The lowest BCUT2D eigenvalue weighted by molar-refractivity contribution is -0.121. The highest BCUT2D eigenvalue weighted by Gasteiger charge is 2.08. The van der Waals surface area contributed by atoms with Gasteiger partial charge in [-0.15, -0.1) is 0 Å². The van der Waals surface area contributed by atoms with Crippen LogP contribution in [0.5, 0.6) is 0 Å². The number of hydrogen-bond acceptors (Lipinski definition) is 2. The summed E-state index contributed by atoms with van der Waals surface area (Å²) in [5, 5.41) is 6.02. The predicted molar refractivity (Wildman–Crippen MR) is 73.9 cm³/mol. The standard InChI is InChI=1S/C13H19BrN2O/c1-10(11-5-7-12(14)8-6-11)16-13(17)4-3-9-15-2/h5-8,10,15H,3-4,9H2,1-2H3,(H,16,17)/t10-/m1/s1. The Morgan fingerprint density at radius 3 is 2.59 bits per heavy atom. The molecule has 0 saturated carbocycles. The number of rotatable bonds is 6. The van der Waals surface area contributed by atoms with E-state index in [0.29, 0.717) is 6.42 Å². The number of benzene rings is 1. The topological polar surface area (TPSA) is 41.1 Å². The molecule has 0 aliphatic heterocycles. The first-order valence-electron chi connectivity index (χ1n) is 5.83. The third-order valence-corrected chi connectivity index (χ3v) is 3.11. The lowest BCUT2D eigenvalue weighted by Gasteiger charge is -2.14. The molecule has 0 unspecified atom stereocenters. The summed E-state index contributed by atoms with van der Waals surface area (Å²) in [5.41, 5.74) is 1.12. The fourth-order valence-corrected chi connectivity index (χ4v) is 1.84. The average molecular weight is 299 g/mol. The zero-order valence-corrected chi connectivity index (χ0v) is 11.9. The zero-order valence-electron chi connectivity index (χ0n) is 10.3. The van der Waals surface area contributed by atoms with Crippen LogP contribution in [0.3, 0.4) is 0 Å². The van der Waals surface area contributed by atoms with Gasteiger partial charge in [0.25, 0.3) is 0 Å². The van der Waals surface area contributed by atoms with Gasteiger partial charge in [-0.1, -0.05) is 28.1 Å². The van der Waals surface area contributed by atoms with Gasteiger partial charge in [0.2, 0.25) is 5.91 Å². The van der Waals surface area contributed by atoms with Gasteiger partial charge in [0, 0.05) is 10.9 Å². The SMILES string of the molecule is CNCCCC(=O)N[C@H](C)c1ccc(Br)cc1. The smallest absolute Gasteiger partial charge is 0.220 e. The molecule has 1 amide bonds. The van der Waals surface area contributed by atoms with Gasteiger partial charge in [-0.25, -0.2) is 0 Å². The highest BCUT2D eigenvalue weighted by Crippen LogP contribution is 2.16. The van der Waals surface area contributed by atoms with Crippen LogP contribution in [0.25, 0.3) is 0 Å². The summed E-state index contributed by atoms with van der Waals surface area (Å²) in [4.78, 5) is 11.6. The Hall–Kier alpha value is -0.870. The first-order valence-corrected chi connectivity index (χ1v) is 6.62. The molecule has 0 heterocycles. The molecule has 2 N–H and O–H groups in total. The Bertz CT molecular complexity index is 351. The predicted octanol–water partition coefficient (Wildman–Crippen LogP) is 2.63. The summed E-state index contributed by atoms with van der Waals surface area (Å²) in [6.45, 7) is 2.87. The molecular weight excluding hydrogens is 280 g/mol. The second-order valence-electron chi connectivity index (χ2n) is 4.05. The van der Waals surface area contributed by atoms with Crippen molar-refractivity contribution in [2.24, 2.45) is 0 Å². The Morgan fingerprint density at radius 2 is 2.00 bits per heavy atom. The van der Waals surface area contributed by atoms with E-state index in [-0.39, 0.29) is 11.9 Å². The quantitative estimate of drug-likeness (QED) is 0.793. The van der Waals surface area contributed by atoms with E-state index in [1.165, 1.54) is 0 Å². The molecule has 0 saturated heterocycles. The van der Waals surface area contributed by atoms with Crippen LogP contribution in [0.15, 0.2) is 28.7 Å². The highest BCUT2D eigenvalue weighted by atomic mass is 79.9. The van der Waals surface area contributed by atoms with Crippen LogP contribution in [0, 0.1) is 0 Å². The van der Waals surface area contributed by atoms with Crippen LogP contribution in [0.1, 0.15) is 31.4 Å². The van der Waals surface area contributed by atoms with E-state index in [0.717, 1.165) is 23.0 Å². The Kier molecular flexibility index (Phi) is 6.22. The number of carbonyl (C=O) groups is 1. The van der Waals surface area contributed by atoms with Gasteiger partial charge in [-0.3, -0.25) is 4.79 Å². The van der Waals surface area contributed by atoms with E-state index in [4.69, 9.17) is 0 Å². The summed E-state index contributed by atoms with van der Waals surface area (Å²) >= 11 is 3.39. The molecule has 94 valence electrons. The van der Waals surface area contributed by atoms with Crippen LogP contribution in [0.2, 0.25) is 0 Å². The van der Waals surface area contributed by atoms with E-state index in [1.54, 1.807) is 0 Å². The van der Waals surface area contributed by atoms with Crippen LogP contribution >= 0.6 is 15.9 Å². The van der Waals surface area contributed by atoms with E-state index in [2.05, 4.69) is 26.6 Å². The van der Waals surface area contributed by atoms with Crippen molar-refractivity contribution in [3.05, 3.63) is 34.3 Å². The van der Waals surface area contributed by atoms with Gasteiger partial charge in [0.1, 0.15) is 0 Å². The molecule has 1 aromatic rings. The zero-order chi connectivity index (χ0) is 12.7. The fraction of sp³-hybridized carbons (Fsp3) is 0.462. The van der Waals surface area contributed by atoms with E-state index in [9.17, 15) is 4.79 Å². The van der Waals surface area contributed by atoms with Gasteiger partial charge in [-0.2, -0.15) is 0 Å². The van der Waals surface area contributed by atoms with Crippen molar-refractivity contribution < 1.29 is 4.79 Å². The summed E-state index contributed by atoms with van der Waals surface area (Å²) in [5.74, 6) is 0.107. The van der Waals surface area contributed by atoms with Crippen molar-refractivity contribution in [1.29, 1.82) is 0 Å². The fourth-order valence-electron chi connectivity index (χ4n) is 1.57. The van der Waals surface area contributed by atoms with E-state index < -0.39 is 0 Å². The minimum absolute atomic E-state index is 0.0604. The monoisotopic (exact) mass is 298 g/mol. The molecule has 0 radical (unpaired) electrons. The van der Waals surface area contributed by atoms with Crippen molar-refractivity contribution in [2.75, 3.05) is 13.6 Å². The lowest BCUT2D eigenvalue weighted by Crippen LogP contribution is -2.27. The maximum absolute atomic E-state index is 11.6. The molecule has 0 spiro atoms. The molecule has 17 heavy (non-hydrogen) atoms. The van der Waals surface area contributed by atoms with E-state index in [1.807, 2.05) is 38.2 Å². The number of carbonyl (C=O) groups excluding carboxylic acids is 1. The first-order chi connectivity index (χ1) is 8.13. The second kappa shape index (κ2) is 7.45. The minimum atomic E-state index is 0.0604. The number of halogens is 1. The van der Waals surface area contributed by atoms with Gasteiger partial charge in [-0.05, 0) is 44.6 Å². The molecule has 4 heteroatoms. The Balaban J connectivity index is 2.40. The summed E-state index contributed by atoms with van der Waals surface area (Å²) in [6.07, 6.45) is 1.44. The van der Waals surface area contributed by atoms with E-state index >= 15 is 0 Å². The molecule has 0 aliphatic carbocycles. The normalized spacial score (nSPS) is 12.2. The van der Waals surface area contributed by atoms with Gasteiger partial charge < -0.3 is 10.6 Å². The molecule has 3 nitrogen and oxygen atoms in total. The molecular formula is C13H19BrN2O. The van der Waals surface area contributed by atoms with Gasteiger partial charge in [0.05, 0.1) is 6.04 Å². The molecule has 0 fully saturated rings. The summed E-state index contributed by atoms with van der Waals surface area (Å²) in [7, 11) is 1.89. The highest BCUT2D eigenvalue weighted by molar-refractivity contribution is 9.10. The third kappa shape index (κ3) is 5.33. The molecule has 0 bridgehead atoms. The van der Waals surface area contributed by atoms with Gasteiger partial charge in [0.15, 0.2) is 0 Å². The second-order valence-corrected chi connectivity index (χ2v) is 4.96. The van der Waals surface area contributed by atoms with Crippen molar-refractivity contribution in [3.63, 3.8) is 0 Å². The third-order valence-electron chi connectivity index (χ3n) is 2.58. The molecule has 1 atom stereocenters. The minimum Gasteiger partial charge on any atom is -0.350 e. The van der Waals surface area contributed by atoms with Crippen LogP contribution in [-0.2, 0) is 4.79 Å². The van der Waals surface area contributed by atoms with Crippen LogP contribution in [-0.4, -0.2) is 19.5 Å². The maximum Gasteiger partial charge on any atom is 0.220 e. The summed E-state index contributed by atoms with van der Waals surface area (Å²) in [6, 6.07) is 8.06. The maximum atomic E-state index is 11.6. The average Bonchev–Trinajstić information content (AvgIpc) is 2.30. The number of amides is 1. The summed E-state index contributed by atoms with van der Waals surface area (Å²) < 4.78 is 1.05. The lowest BCUT2D eigenvalue weighted by atomic mass is 10.1. The van der Waals surface area contributed by atoms with Crippen molar-refractivity contribution in [3.8, 4) is 0 Å². The number of hydrogen-bond donors (Lipinski definition) is 2. The molecule has 1 aromatic carbocycles. The molecule has 1 rings (SSSR count). The van der Waals surface area contributed by atoms with Crippen molar-refractivity contribution in [2.45, 2.75) is 25.8 Å². The van der Waals surface area contributed by atoms with Crippen molar-refractivity contribution in [1.82, 2.24) is 10.6 Å². The number of nitrogens with one attached hydrogen (secondary N) is 2. The molecule has 0 aliphatic rings. The Labute approximate surface area is 111 Å². The largest absolute Gasteiger partial charge is 0.350 e.